The van der Waals surface area contributed by atoms with Crippen molar-refractivity contribution < 1.29 is 26.7 Å². The Morgan fingerprint density at radius 3 is 2.47 bits per heavy atom. The molecule has 1 N–H and O–H groups in total. The lowest BCUT2D eigenvalue weighted by molar-refractivity contribution is -0.116. The first kappa shape index (κ1) is 23.6. The molecule has 0 spiro atoms. The minimum absolute atomic E-state index is 0.0454. The molecule has 6 nitrogen and oxygen atoms in total. The molecule has 32 heavy (non-hydrogen) atoms. The molecule has 0 radical (unpaired) electrons. The van der Waals surface area contributed by atoms with E-state index in [1.54, 1.807) is 30.3 Å². The lowest BCUT2D eigenvalue weighted by Crippen LogP contribution is -2.37. The van der Waals surface area contributed by atoms with Gasteiger partial charge >= 0.3 is 0 Å². The molecule has 3 rings (SSSR count). The van der Waals surface area contributed by atoms with E-state index in [2.05, 4.69) is 5.32 Å². The van der Waals surface area contributed by atoms with Crippen molar-refractivity contribution >= 4 is 33.2 Å². The topological polar surface area (TPSA) is 75.7 Å². The van der Waals surface area contributed by atoms with Gasteiger partial charge in [-0.2, -0.15) is 4.31 Å². The summed E-state index contributed by atoms with van der Waals surface area (Å²) in [6.45, 7) is -0.819. The van der Waals surface area contributed by atoms with E-state index in [1.807, 2.05) is 0 Å². The van der Waals surface area contributed by atoms with E-state index in [1.165, 1.54) is 25.3 Å². The van der Waals surface area contributed by atoms with Crippen LogP contribution in [0.4, 0.5) is 14.5 Å². The molecule has 0 bridgehead atoms. The van der Waals surface area contributed by atoms with Crippen molar-refractivity contribution in [1.29, 1.82) is 0 Å². The van der Waals surface area contributed by atoms with Gasteiger partial charge in [0.15, 0.2) is 0 Å². The first-order chi connectivity index (χ1) is 15.2. The number of anilines is 1. The summed E-state index contributed by atoms with van der Waals surface area (Å²) in [5.74, 6) is -2.41. The quantitative estimate of drug-likeness (QED) is 0.516. The summed E-state index contributed by atoms with van der Waals surface area (Å²) in [7, 11) is -2.97. The van der Waals surface area contributed by atoms with Crippen molar-refractivity contribution in [2.24, 2.45) is 0 Å². The Morgan fingerprint density at radius 1 is 1.06 bits per heavy atom. The highest BCUT2D eigenvalue weighted by molar-refractivity contribution is 7.89. The van der Waals surface area contributed by atoms with Gasteiger partial charge in [-0.15, -0.1) is 0 Å². The minimum Gasteiger partial charge on any atom is -0.495 e. The number of carbonyl (C=O) groups excluding carboxylic acids is 1. The van der Waals surface area contributed by atoms with Crippen molar-refractivity contribution in [2.45, 2.75) is 11.4 Å². The number of nitrogens with one attached hydrogen (secondary N) is 1. The molecule has 0 aliphatic rings. The molecule has 168 valence electrons. The third-order valence-electron chi connectivity index (χ3n) is 4.47. The summed E-state index contributed by atoms with van der Waals surface area (Å²) in [6, 6.07) is 15.3. The van der Waals surface area contributed by atoms with E-state index in [0.29, 0.717) is 5.56 Å². The maximum absolute atomic E-state index is 13.9. The van der Waals surface area contributed by atoms with Crippen LogP contribution >= 0.6 is 11.6 Å². The zero-order valence-corrected chi connectivity index (χ0v) is 18.5. The van der Waals surface area contributed by atoms with Gasteiger partial charge in [-0.3, -0.25) is 4.79 Å². The van der Waals surface area contributed by atoms with E-state index in [-0.39, 0.29) is 22.2 Å². The molecule has 0 unspecified atom stereocenters. The molecule has 1 amide bonds. The molecule has 0 saturated carbocycles. The molecule has 0 saturated heterocycles. The molecule has 0 atom stereocenters. The number of ether oxygens (including phenoxy) is 1. The highest BCUT2D eigenvalue weighted by atomic mass is 35.5. The van der Waals surface area contributed by atoms with Crippen LogP contribution in [-0.2, 0) is 21.4 Å². The van der Waals surface area contributed by atoms with Crippen molar-refractivity contribution in [3.63, 3.8) is 0 Å². The van der Waals surface area contributed by atoms with Crippen LogP contribution < -0.4 is 10.1 Å². The maximum atomic E-state index is 13.9. The van der Waals surface area contributed by atoms with E-state index >= 15 is 0 Å². The summed E-state index contributed by atoms with van der Waals surface area (Å²) in [5, 5.41) is 2.38. The number of methoxy groups -OCH3 is 1. The SMILES string of the molecule is COc1ccc(Cl)cc1S(=O)(=O)N(CC(=O)Nc1cc(F)ccc1F)Cc1ccccc1. The summed E-state index contributed by atoms with van der Waals surface area (Å²) >= 11 is 6.00. The fourth-order valence-electron chi connectivity index (χ4n) is 2.95. The molecule has 3 aromatic rings. The van der Waals surface area contributed by atoms with Gasteiger partial charge in [0, 0.05) is 17.6 Å². The van der Waals surface area contributed by atoms with Gasteiger partial charge in [-0.25, -0.2) is 17.2 Å². The van der Waals surface area contributed by atoms with Crippen molar-refractivity contribution in [2.75, 3.05) is 19.0 Å². The van der Waals surface area contributed by atoms with Gasteiger partial charge in [-0.05, 0) is 35.9 Å². The Kier molecular flexibility index (Phi) is 7.44. The number of carbonyl (C=O) groups is 1. The number of halogens is 3. The van der Waals surface area contributed by atoms with E-state index in [4.69, 9.17) is 16.3 Å². The van der Waals surface area contributed by atoms with Crippen LogP contribution in [0.3, 0.4) is 0 Å². The average Bonchev–Trinajstić information content (AvgIpc) is 2.76. The van der Waals surface area contributed by atoms with Gasteiger partial charge in [0.05, 0.1) is 19.3 Å². The molecular formula is C22H19ClF2N2O4S. The number of hydrogen-bond donors (Lipinski definition) is 1. The third-order valence-corrected chi connectivity index (χ3v) is 6.52. The van der Waals surface area contributed by atoms with Crippen molar-refractivity contribution in [3.05, 3.63) is 89.0 Å². The molecule has 10 heteroatoms. The second-order valence-electron chi connectivity index (χ2n) is 6.73. The molecule has 3 aromatic carbocycles. The number of amides is 1. The second-order valence-corrected chi connectivity index (χ2v) is 9.07. The van der Waals surface area contributed by atoms with Crippen LogP contribution in [0.5, 0.6) is 5.75 Å². The Bertz CT molecular complexity index is 1220. The third kappa shape index (κ3) is 5.61. The van der Waals surface area contributed by atoms with Crippen LogP contribution in [0.25, 0.3) is 0 Å². The normalized spacial score (nSPS) is 11.4. The number of nitrogens with zero attached hydrogens (tertiary/aromatic N) is 1. The summed E-state index contributed by atoms with van der Waals surface area (Å²) in [5.41, 5.74) is 0.217. The molecule has 0 aromatic heterocycles. The first-order valence-electron chi connectivity index (χ1n) is 9.33. The summed E-state index contributed by atoms with van der Waals surface area (Å²) in [4.78, 5) is 12.4. The van der Waals surface area contributed by atoms with Gasteiger partial charge in [0.2, 0.25) is 15.9 Å². The summed E-state index contributed by atoms with van der Waals surface area (Å²) in [6.07, 6.45) is 0. The predicted octanol–water partition coefficient (Wildman–Crippen LogP) is 4.46. The summed E-state index contributed by atoms with van der Waals surface area (Å²) < 4.78 is 60.3. The predicted molar refractivity (Wildman–Crippen MR) is 117 cm³/mol. The van der Waals surface area contributed by atoms with E-state index < -0.39 is 39.8 Å². The maximum Gasteiger partial charge on any atom is 0.247 e. The molecule has 0 fully saturated rings. The molecule has 0 aliphatic heterocycles. The van der Waals surface area contributed by atoms with E-state index in [0.717, 1.165) is 22.5 Å². The number of sulfonamides is 1. The van der Waals surface area contributed by atoms with Crippen LogP contribution in [0.1, 0.15) is 5.56 Å². The minimum atomic E-state index is -4.27. The monoisotopic (exact) mass is 480 g/mol. The molecule has 0 aliphatic carbocycles. The fourth-order valence-corrected chi connectivity index (χ4v) is 4.75. The number of rotatable bonds is 8. The standard InChI is InChI=1S/C22H19ClF2N2O4S/c1-31-20-10-7-16(23)11-21(20)32(29,30)27(13-15-5-3-2-4-6-15)14-22(28)26-19-12-17(24)8-9-18(19)25/h2-12H,13-14H2,1H3,(H,26,28). The highest BCUT2D eigenvalue weighted by Gasteiger charge is 2.30. The van der Waals surface area contributed by atoms with Gasteiger partial charge in [-0.1, -0.05) is 41.9 Å². The Balaban J connectivity index is 1.96. The number of hydrogen-bond acceptors (Lipinski definition) is 4. The lowest BCUT2D eigenvalue weighted by Gasteiger charge is -2.23. The van der Waals surface area contributed by atoms with Crippen LogP contribution in [0, 0.1) is 11.6 Å². The second kappa shape index (κ2) is 10.1. The van der Waals surface area contributed by atoms with Crippen LogP contribution in [0.15, 0.2) is 71.6 Å². The average molecular weight is 481 g/mol. The highest BCUT2D eigenvalue weighted by Crippen LogP contribution is 2.30. The molecular weight excluding hydrogens is 462 g/mol. The zero-order valence-electron chi connectivity index (χ0n) is 16.9. The smallest absolute Gasteiger partial charge is 0.247 e. The fraction of sp³-hybridized carbons (Fsp3) is 0.136. The zero-order chi connectivity index (χ0) is 23.3. The van der Waals surface area contributed by atoms with E-state index in [9.17, 15) is 22.0 Å². The van der Waals surface area contributed by atoms with Crippen LogP contribution in [0.2, 0.25) is 5.02 Å². The first-order valence-corrected chi connectivity index (χ1v) is 11.1. The molecule has 0 heterocycles. The lowest BCUT2D eigenvalue weighted by atomic mass is 10.2. The Labute approximate surface area is 189 Å². The van der Waals surface area contributed by atoms with Gasteiger partial charge < -0.3 is 10.1 Å². The van der Waals surface area contributed by atoms with Crippen LogP contribution in [-0.4, -0.2) is 32.3 Å². The Hall–Kier alpha value is -3.01. The van der Waals surface area contributed by atoms with Gasteiger partial charge in [0.25, 0.3) is 0 Å². The van der Waals surface area contributed by atoms with Gasteiger partial charge in [0.1, 0.15) is 22.3 Å². The largest absolute Gasteiger partial charge is 0.495 e. The van der Waals surface area contributed by atoms with Crippen molar-refractivity contribution in [1.82, 2.24) is 4.31 Å². The Morgan fingerprint density at radius 2 is 1.78 bits per heavy atom. The van der Waals surface area contributed by atoms with Crippen molar-refractivity contribution in [3.8, 4) is 5.75 Å². The number of benzene rings is 3.